The summed E-state index contributed by atoms with van der Waals surface area (Å²) in [7, 11) is 1.51. The Hall–Kier alpha value is -3.69. The van der Waals surface area contributed by atoms with Crippen molar-refractivity contribution >= 4 is 28.6 Å². The van der Waals surface area contributed by atoms with Crippen LogP contribution in [0.25, 0.3) is 22.4 Å². The van der Waals surface area contributed by atoms with Crippen molar-refractivity contribution in [2.75, 3.05) is 18.6 Å². The summed E-state index contributed by atoms with van der Waals surface area (Å²) >= 11 is 0. The van der Waals surface area contributed by atoms with E-state index in [0.717, 1.165) is 0 Å². The molecule has 0 radical (unpaired) electrons. The summed E-state index contributed by atoms with van der Waals surface area (Å²) in [6.07, 6.45) is 3.36. The van der Waals surface area contributed by atoms with Gasteiger partial charge < -0.3 is 21.3 Å². The van der Waals surface area contributed by atoms with Gasteiger partial charge >= 0.3 is 5.97 Å². The predicted molar refractivity (Wildman–Crippen MR) is 111 cm³/mol. The van der Waals surface area contributed by atoms with E-state index in [9.17, 15) is 14.7 Å². The van der Waals surface area contributed by atoms with E-state index >= 15 is 0 Å². The maximum Gasteiger partial charge on any atom is 0.306 e. The fraction of sp³-hybridized carbons (Fsp3) is 0.350. The van der Waals surface area contributed by atoms with Gasteiger partial charge in [-0.3, -0.25) is 14.2 Å². The van der Waals surface area contributed by atoms with Crippen LogP contribution in [0.3, 0.4) is 0 Å². The summed E-state index contributed by atoms with van der Waals surface area (Å²) < 4.78 is 6.76. The molecule has 1 aliphatic carbocycles. The number of fused-ring (bicyclic) bond motifs is 1. The highest BCUT2D eigenvalue weighted by atomic mass is 16.5. The van der Waals surface area contributed by atoms with Crippen molar-refractivity contribution in [1.29, 1.82) is 0 Å². The summed E-state index contributed by atoms with van der Waals surface area (Å²) in [4.78, 5) is 37.5. The van der Waals surface area contributed by atoms with Gasteiger partial charge in [-0.15, -0.1) is 0 Å². The first-order valence-corrected chi connectivity index (χ1v) is 9.60. The fourth-order valence-corrected chi connectivity index (χ4v) is 4.03. The van der Waals surface area contributed by atoms with Gasteiger partial charge in [-0.2, -0.15) is 0 Å². The number of aromatic nitrogens is 4. The molecule has 4 rings (SSSR count). The third-order valence-corrected chi connectivity index (χ3v) is 5.62. The van der Waals surface area contributed by atoms with Gasteiger partial charge in [-0.1, -0.05) is 0 Å². The molecule has 0 spiro atoms. The molecular weight excluding hydrogens is 388 g/mol. The van der Waals surface area contributed by atoms with E-state index in [1.54, 1.807) is 22.8 Å². The van der Waals surface area contributed by atoms with E-state index in [0.29, 0.717) is 53.8 Å². The molecule has 5 N–H and O–H groups in total. The van der Waals surface area contributed by atoms with Crippen molar-refractivity contribution in [3.8, 4) is 17.0 Å². The maximum atomic E-state index is 13.5. The van der Waals surface area contributed by atoms with Gasteiger partial charge in [-0.05, 0) is 43.9 Å². The normalized spacial score (nSPS) is 19.0. The summed E-state index contributed by atoms with van der Waals surface area (Å²) in [6.45, 7) is 0. The second-order valence-corrected chi connectivity index (χ2v) is 7.37. The number of rotatable bonds is 4. The zero-order valence-electron chi connectivity index (χ0n) is 16.4. The van der Waals surface area contributed by atoms with Crippen LogP contribution >= 0.6 is 0 Å². The van der Waals surface area contributed by atoms with Crippen molar-refractivity contribution in [3.63, 3.8) is 0 Å². The second-order valence-electron chi connectivity index (χ2n) is 7.37. The highest BCUT2D eigenvalue weighted by Gasteiger charge is 2.29. The molecule has 0 aliphatic heterocycles. The Morgan fingerprint density at radius 2 is 1.93 bits per heavy atom. The smallest absolute Gasteiger partial charge is 0.306 e. The van der Waals surface area contributed by atoms with Gasteiger partial charge in [0.1, 0.15) is 23.3 Å². The molecule has 1 aromatic carbocycles. The molecule has 3 aromatic rings. The third-order valence-electron chi connectivity index (χ3n) is 5.62. The molecule has 2 heterocycles. The van der Waals surface area contributed by atoms with Crippen molar-refractivity contribution in [3.05, 3.63) is 34.9 Å². The fourth-order valence-electron chi connectivity index (χ4n) is 4.03. The number of hydrogen-bond acceptors (Lipinski definition) is 8. The van der Waals surface area contributed by atoms with E-state index in [1.165, 1.54) is 13.4 Å². The number of aliphatic carboxylic acids is 1. The van der Waals surface area contributed by atoms with Crippen LogP contribution in [0, 0.1) is 5.92 Å². The molecule has 0 unspecified atom stereocenters. The molecule has 2 aromatic heterocycles. The Bertz CT molecular complexity index is 1180. The number of carboxylic acid groups (broad SMARTS) is 1. The molecule has 0 bridgehead atoms. The number of nitrogens with zero attached hydrogens (tertiary/aromatic N) is 4. The van der Waals surface area contributed by atoms with E-state index in [1.807, 2.05) is 0 Å². The second kappa shape index (κ2) is 7.62. The van der Waals surface area contributed by atoms with Crippen LogP contribution in [0.2, 0.25) is 0 Å². The van der Waals surface area contributed by atoms with Crippen LogP contribution < -0.4 is 21.8 Å². The average molecular weight is 410 g/mol. The number of nitrogen functional groups attached to an aromatic ring is 2. The van der Waals surface area contributed by atoms with Crippen LogP contribution in [-0.4, -0.2) is 37.7 Å². The summed E-state index contributed by atoms with van der Waals surface area (Å²) in [6, 6.07) is 4.79. The van der Waals surface area contributed by atoms with Crippen LogP contribution in [0.1, 0.15) is 31.7 Å². The minimum Gasteiger partial charge on any atom is -0.495 e. The Morgan fingerprint density at radius 3 is 2.57 bits per heavy atom. The van der Waals surface area contributed by atoms with Crippen LogP contribution in [0.15, 0.2) is 29.3 Å². The van der Waals surface area contributed by atoms with E-state index in [2.05, 4.69) is 15.0 Å². The van der Waals surface area contributed by atoms with Gasteiger partial charge in [0.25, 0.3) is 5.56 Å². The molecule has 0 atom stereocenters. The van der Waals surface area contributed by atoms with Gasteiger partial charge in [0.05, 0.1) is 18.7 Å². The molecule has 10 heteroatoms. The van der Waals surface area contributed by atoms with Gasteiger partial charge in [0.15, 0.2) is 11.5 Å². The number of hydrogen-bond donors (Lipinski definition) is 3. The van der Waals surface area contributed by atoms with Crippen LogP contribution in [0.4, 0.5) is 11.5 Å². The molecule has 1 saturated carbocycles. The molecule has 30 heavy (non-hydrogen) atoms. The zero-order valence-corrected chi connectivity index (χ0v) is 16.4. The van der Waals surface area contributed by atoms with E-state index in [-0.39, 0.29) is 23.1 Å². The lowest BCUT2D eigenvalue weighted by Crippen LogP contribution is -2.32. The van der Waals surface area contributed by atoms with E-state index in [4.69, 9.17) is 16.2 Å². The van der Waals surface area contributed by atoms with Gasteiger partial charge in [0.2, 0.25) is 0 Å². The lowest BCUT2D eigenvalue weighted by atomic mass is 9.86. The average Bonchev–Trinajstić information content (AvgIpc) is 2.74. The van der Waals surface area contributed by atoms with Gasteiger partial charge in [-0.25, -0.2) is 15.0 Å². The number of carbonyl (C=O) groups is 1. The predicted octanol–water partition coefficient (Wildman–Crippen LogP) is 1.84. The summed E-state index contributed by atoms with van der Waals surface area (Å²) in [5.74, 6) is -0.544. The summed E-state index contributed by atoms with van der Waals surface area (Å²) in [5, 5.41) is 9.28. The Balaban J connectivity index is 1.89. The highest BCUT2D eigenvalue weighted by molar-refractivity contribution is 5.83. The van der Waals surface area contributed by atoms with Gasteiger partial charge in [0, 0.05) is 11.6 Å². The number of anilines is 2. The standard InChI is InChI=1S/C20H22N6O4/c1-30-14-7-4-11(8-13(14)21)15-19(27)26(12-5-2-10(3-6-12)20(28)29)18-16(25-15)17(22)23-9-24-18/h4,7-10,12H,2-3,5-6,21H2,1H3,(H,28,29)(H2,22,23,24). The van der Waals surface area contributed by atoms with Crippen molar-refractivity contribution < 1.29 is 14.6 Å². The van der Waals surface area contributed by atoms with E-state index < -0.39 is 11.9 Å². The third kappa shape index (κ3) is 3.30. The lowest BCUT2D eigenvalue weighted by Gasteiger charge is -2.28. The Labute approximate surface area is 171 Å². The first-order valence-electron chi connectivity index (χ1n) is 9.60. The highest BCUT2D eigenvalue weighted by Crippen LogP contribution is 2.34. The zero-order chi connectivity index (χ0) is 21.4. The summed E-state index contributed by atoms with van der Waals surface area (Å²) in [5.41, 5.74) is 13.5. The SMILES string of the molecule is COc1ccc(-c2nc3c(N)ncnc3n(C3CCC(C(=O)O)CC3)c2=O)cc1N. The largest absolute Gasteiger partial charge is 0.495 e. The minimum absolute atomic E-state index is 0.163. The lowest BCUT2D eigenvalue weighted by molar-refractivity contribution is -0.143. The van der Waals surface area contributed by atoms with Crippen LogP contribution in [-0.2, 0) is 4.79 Å². The number of nitrogens with two attached hydrogens (primary N) is 2. The topological polar surface area (TPSA) is 159 Å². The monoisotopic (exact) mass is 410 g/mol. The molecule has 10 nitrogen and oxygen atoms in total. The Morgan fingerprint density at radius 1 is 1.20 bits per heavy atom. The maximum absolute atomic E-state index is 13.5. The molecule has 1 fully saturated rings. The molecular formula is C20H22N6O4. The first-order chi connectivity index (χ1) is 14.4. The molecule has 1 aliphatic rings. The Kier molecular flexibility index (Phi) is 4.98. The number of methoxy groups -OCH3 is 1. The number of carboxylic acids is 1. The molecule has 0 saturated heterocycles. The molecule has 0 amide bonds. The number of benzene rings is 1. The quantitative estimate of drug-likeness (QED) is 0.545. The van der Waals surface area contributed by atoms with Crippen molar-refractivity contribution in [2.24, 2.45) is 5.92 Å². The van der Waals surface area contributed by atoms with Crippen molar-refractivity contribution in [1.82, 2.24) is 19.5 Å². The molecule has 156 valence electrons. The first kappa shape index (κ1) is 19.6. The van der Waals surface area contributed by atoms with Crippen molar-refractivity contribution in [2.45, 2.75) is 31.7 Å². The number of ether oxygens (including phenoxy) is 1. The minimum atomic E-state index is -0.804. The van der Waals surface area contributed by atoms with Crippen LogP contribution in [0.5, 0.6) is 5.75 Å².